The van der Waals surface area contributed by atoms with Crippen molar-refractivity contribution < 1.29 is 24.1 Å². The number of phenolic OH excluding ortho intramolecular Hbond substituents is 1. The maximum Gasteiger partial charge on any atom is 0.330 e. The van der Waals surface area contributed by atoms with Crippen LogP contribution in [0.15, 0.2) is 48.5 Å². The first kappa shape index (κ1) is 20.1. The van der Waals surface area contributed by atoms with E-state index in [9.17, 15) is 9.90 Å². The Morgan fingerprint density at radius 3 is 2.70 bits per heavy atom. The number of benzene rings is 2. The lowest BCUT2D eigenvalue weighted by Crippen LogP contribution is -1.98. The van der Waals surface area contributed by atoms with Crippen molar-refractivity contribution in [3.05, 3.63) is 65.2 Å². The molecule has 0 aliphatic rings. The Morgan fingerprint density at radius 2 is 2.00 bits per heavy atom. The van der Waals surface area contributed by atoms with E-state index in [4.69, 9.17) is 14.2 Å². The van der Waals surface area contributed by atoms with Crippen molar-refractivity contribution in [2.75, 3.05) is 20.3 Å². The molecule has 2 aromatic rings. The molecule has 0 fully saturated rings. The summed E-state index contributed by atoms with van der Waals surface area (Å²) >= 11 is 0. The van der Waals surface area contributed by atoms with Gasteiger partial charge in [-0.1, -0.05) is 42.2 Å². The summed E-state index contributed by atoms with van der Waals surface area (Å²) < 4.78 is 15.5. The molecule has 2 aromatic carbocycles. The highest BCUT2D eigenvalue weighted by atomic mass is 16.5. The molecule has 0 amide bonds. The van der Waals surface area contributed by atoms with E-state index < -0.39 is 5.97 Å². The first-order chi connectivity index (χ1) is 13.1. The molecule has 0 atom stereocenters. The van der Waals surface area contributed by atoms with Crippen molar-refractivity contribution in [2.45, 2.75) is 13.5 Å². The van der Waals surface area contributed by atoms with Gasteiger partial charge in [-0.2, -0.15) is 0 Å². The first-order valence-corrected chi connectivity index (χ1v) is 8.50. The normalized spacial score (nSPS) is 10.3. The van der Waals surface area contributed by atoms with Gasteiger partial charge >= 0.3 is 5.97 Å². The molecule has 0 spiro atoms. The van der Waals surface area contributed by atoms with E-state index in [2.05, 4.69) is 11.8 Å². The predicted octanol–water partition coefficient (Wildman–Crippen LogP) is 3.55. The van der Waals surface area contributed by atoms with Gasteiger partial charge in [0.05, 0.1) is 25.9 Å². The number of hydrogen-bond acceptors (Lipinski definition) is 5. The third-order valence-corrected chi connectivity index (χ3v) is 3.52. The van der Waals surface area contributed by atoms with Gasteiger partial charge in [0.1, 0.15) is 6.61 Å². The van der Waals surface area contributed by atoms with Crippen LogP contribution >= 0.6 is 0 Å². The smallest absolute Gasteiger partial charge is 0.330 e. The van der Waals surface area contributed by atoms with Crippen molar-refractivity contribution in [2.24, 2.45) is 0 Å². The average molecular weight is 366 g/mol. The standard InChI is InChI=1S/C22H22O5/c1-3-27-21(23)12-11-18-14-19(22(24)20(15-18)25-2)10-7-13-26-16-17-8-5-4-6-9-17/h4-6,8-9,11-12,14-15,24H,3,13,16H2,1-2H3/b12-11+. The molecule has 0 saturated heterocycles. The zero-order valence-corrected chi connectivity index (χ0v) is 15.4. The minimum Gasteiger partial charge on any atom is -0.503 e. The monoisotopic (exact) mass is 366 g/mol. The molecule has 140 valence electrons. The third kappa shape index (κ3) is 6.53. The average Bonchev–Trinajstić information content (AvgIpc) is 2.68. The van der Waals surface area contributed by atoms with E-state index in [0.717, 1.165) is 5.56 Å². The molecule has 0 bridgehead atoms. The van der Waals surface area contributed by atoms with Crippen LogP contribution in [0.4, 0.5) is 0 Å². The highest BCUT2D eigenvalue weighted by Crippen LogP contribution is 2.31. The summed E-state index contributed by atoms with van der Waals surface area (Å²) in [6.45, 7) is 2.73. The van der Waals surface area contributed by atoms with E-state index in [-0.39, 0.29) is 18.1 Å². The molecule has 0 aliphatic carbocycles. The maximum atomic E-state index is 11.4. The van der Waals surface area contributed by atoms with Crippen LogP contribution in [0.2, 0.25) is 0 Å². The summed E-state index contributed by atoms with van der Waals surface area (Å²) in [5.74, 6) is 5.53. The Kier molecular flexibility index (Phi) is 7.95. The second-order valence-corrected chi connectivity index (χ2v) is 5.48. The summed E-state index contributed by atoms with van der Waals surface area (Å²) in [5.41, 5.74) is 2.11. The lowest BCUT2D eigenvalue weighted by atomic mass is 10.1. The van der Waals surface area contributed by atoms with Crippen LogP contribution in [-0.2, 0) is 20.9 Å². The summed E-state index contributed by atoms with van der Waals surface area (Å²) in [5, 5.41) is 10.2. The highest BCUT2D eigenvalue weighted by Gasteiger charge is 2.08. The zero-order chi connectivity index (χ0) is 19.5. The van der Waals surface area contributed by atoms with Crippen LogP contribution in [0.3, 0.4) is 0 Å². The summed E-state index contributed by atoms with van der Waals surface area (Å²) in [6, 6.07) is 13.1. The van der Waals surface area contributed by atoms with Gasteiger partial charge in [0.2, 0.25) is 0 Å². The fraction of sp³-hybridized carbons (Fsp3) is 0.227. The van der Waals surface area contributed by atoms with Crippen LogP contribution in [0.1, 0.15) is 23.6 Å². The van der Waals surface area contributed by atoms with E-state index in [1.54, 1.807) is 25.1 Å². The van der Waals surface area contributed by atoms with E-state index in [1.165, 1.54) is 13.2 Å². The summed E-state index contributed by atoms with van der Waals surface area (Å²) in [4.78, 5) is 11.4. The Bertz CT molecular complexity index is 844. The van der Waals surface area contributed by atoms with Gasteiger partial charge in [0, 0.05) is 6.08 Å². The van der Waals surface area contributed by atoms with Gasteiger partial charge in [-0.15, -0.1) is 0 Å². The number of methoxy groups -OCH3 is 1. The number of rotatable bonds is 7. The minimum atomic E-state index is -0.438. The second-order valence-electron chi connectivity index (χ2n) is 5.48. The molecule has 0 heterocycles. The Hall–Kier alpha value is -3.23. The quantitative estimate of drug-likeness (QED) is 0.351. The largest absolute Gasteiger partial charge is 0.503 e. The maximum absolute atomic E-state index is 11.4. The fourth-order valence-electron chi connectivity index (χ4n) is 2.26. The van der Waals surface area contributed by atoms with Crippen LogP contribution in [-0.4, -0.2) is 31.4 Å². The zero-order valence-electron chi connectivity index (χ0n) is 15.4. The second kappa shape index (κ2) is 10.7. The molecule has 0 unspecified atom stereocenters. The number of esters is 1. The summed E-state index contributed by atoms with van der Waals surface area (Å²) in [7, 11) is 1.45. The van der Waals surface area contributed by atoms with Gasteiger partial charge in [-0.05, 0) is 36.3 Å². The van der Waals surface area contributed by atoms with Crippen LogP contribution in [0, 0.1) is 11.8 Å². The van der Waals surface area contributed by atoms with Crippen molar-refractivity contribution in [1.82, 2.24) is 0 Å². The molecule has 0 aliphatic heterocycles. The molecule has 2 rings (SSSR count). The third-order valence-electron chi connectivity index (χ3n) is 3.52. The van der Waals surface area contributed by atoms with Crippen LogP contribution in [0.5, 0.6) is 11.5 Å². The van der Waals surface area contributed by atoms with Crippen LogP contribution < -0.4 is 4.74 Å². The Balaban J connectivity index is 2.06. The van der Waals surface area contributed by atoms with Crippen molar-refractivity contribution in [3.8, 4) is 23.3 Å². The topological polar surface area (TPSA) is 65.0 Å². The van der Waals surface area contributed by atoms with Gasteiger partial charge in [0.25, 0.3) is 0 Å². The lowest BCUT2D eigenvalue weighted by Gasteiger charge is -2.07. The Morgan fingerprint density at radius 1 is 1.22 bits per heavy atom. The molecule has 5 heteroatoms. The molecule has 0 radical (unpaired) electrons. The van der Waals surface area contributed by atoms with Crippen molar-refractivity contribution in [1.29, 1.82) is 0 Å². The number of aromatic hydroxyl groups is 1. The number of phenols is 1. The SMILES string of the molecule is CCOC(=O)/C=C/c1cc(C#CCOCc2ccccc2)c(O)c(OC)c1. The highest BCUT2D eigenvalue weighted by molar-refractivity contribution is 5.87. The molecule has 0 aromatic heterocycles. The van der Waals surface area contributed by atoms with Crippen molar-refractivity contribution >= 4 is 12.0 Å². The van der Waals surface area contributed by atoms with Gasteiger partial charge in [-0.3, -0.25) is 0 Å². The molecule has 27 heavy (non-hydrogen) atoms. The minimum absolute atomic E-state index is 0.0543. The number of carbonyl (C=O) groups is 1. The van der Waals surface area contributed by atoms with Crippen LogP contribution in [0.25, 0.3) is 6.08 Å². The van der Waals surface area contributed by atoms with E-state index >= 15 is 0 Å². The fourth-order valence-corrected chi connectivity index (χ4v) is 2.26. The van der Waals surface area contributed by atoms with E-state index in [1.807, 2.05) is 30.3 Å². The molecule has 1 N–H and O–H groups in total. The van der Waals surface area contributed by atoms with Crippen molar-refractivity contribution in [3.63, 3.8) is 0 Å². The lowest BCUT2D eigenvalue weighted by molar-refractivity contribution is -0.137. The molecular formula is C22H22O5. The molecular weight excluding hydrogens is 344 g/mol. The number of hydrogen-bond donors (Lipinski definition) is 1. The van der Waals surface area contributed by atoms with Gasteiger partial charge < -0.3 is 19.3 Å². The Labute approximate surface area is 159 Å². The van der Waals surface area contributed by atoms with E-state index in [0.29, 0.717) is 24.3 Å². The first-order valence-electron chi connectivity index (χ1n) is 8.50. The number of carbonyl (C=O) groups excluding carboxylic acids is 1. The summed E-state index contributed by atoms with van der Waals surface area (Å²) in [6.07, 6.45) is 2.90. The number of ether oxygens (including phenoxy) is 3. The predicted molar refractivity (Wildman–Crippen MR) is 103 cm³/mol. The molecule has 0 saturated carbocycles. The van der Waals surface area contributed by atoms with Gasteiger partial charge in [0.15, 0.2) is 11.5 Å². The van der Waals surface area contributed by atoms with Gasteiger partial charge in [-0.25, -0.2) is 4.79 Å². The molecule has 5 nitrogen and oxygen atoms in total.